The van der Waals surface area contributed by atoms with Crippen LogP contribution < -0.4 is 16.0 Å². The lowest BCUT2D eigenvalue weighted by atomic mass is 9.95. The Balaban J connectivity index is 0.00000208. The second-order valence-electron chi connectivity index (χ2n) is 6.36. The number of aromatic nitrogens is 2. The van der Waals surface area contributed by atoms with Gasteiger partial charge in [-0.3, -0.25) is 14.7 Å². The molecule has 3 rings (SSSR count). The first kappa shape index (κ1) is 18.7. The number of hydrogen-bond acceptors (Lipinski definition) is 4. The third-order valence-electron chi connectivity index (χ3n) is 4.63. The summed E-state index contributed by atoms with van der Waals surface area (Å²) in [5.41, 5.74) is 2.42. The van der Waals surface area contributed by atoms with E-state index in [1.54, 1.807) is 0 Å². The van der Waals surface area contributed by atoms with Crippen LogP contribution in [0.4, 0.5) is 0 Å². The second-order valence-corrected chi connectivity index (χ2v) is 6.36. The van der Waals surface area contributed by atoms with Crippen molar-refractivity contribution in [1.82, 2.24) is 26.1 Å². The zero-order valence-corrected chi connectivity index (χ0v) is 14.6. The van der Waals surface area contributed by atoms with Gasteiger partial charge in [-0.15, -0.1) is 12.4 Å². The van der Waals surface area contributed by atoms with Gasteiger partial charge in [0.1, 0.15) is 0 Å². The molecule has 7 nitrogen and oxygen atoms in total. The van der Waals surface area contributed by atoms with E-state index in [9.17, 15) is 9.59 Å². The molecule has 1 fully saturated rings. The van der Waals surface area contributed by atoms with Gasteiger partial charge in [0.05, 0.1) is 0 Å². The lowest BCUT2D eigenvalue weighted by molar-refractivity contribution is -0.121. The summed E-state index contributed by atoms with van der Waals surface area (Å²) >= 11 is 0. The fourth-order valence-corrected chi connectivity index (χ4v) is 3.33. The number of halogens is 1. The number of rotatable bonds is 5. The lowest BCUT2D eigenvalue weighted by Gasteiger charge is -2.22. The Kier molecular flexibility index (Phi) is 7.05. The molecule has 0 saturated heterocycles. The summed E-state index contributed by atoms with van der Waals surface area (Å²) in [5, 5.41) is 16.1. The number of nitrogens with zero attached hydrogens (tertiary/aromatic N) is 1. The van der Waals surface area contributed by atoms with E-state index in [0.717, 1.165) is 37.1 Å². The zero-order chi connectivity index (χ0) is 16.1. The highest BCUT2D eigenvalue weighted by Gasteiger charge is 2.21. The molecule has 0 atom stereocenters. The summed E-state index contributed by atoms with van der Waals surface area (Å²) in [5.74, 6) is -0.195. The summed E-state index contributed by atoms with van der Waals surface area (Å²) in [6.45, 7) is 1.90. The normalized spacial score (nSPS) is 17.5. The molecule has 0 unspecified atom stereocenters. The van der Waals surface area contributed by atoms with E-state index in [2.05, 4.69) is 26.1 Å². The highest BCUT2D eigenvalue weighted by atomic mass is 35.5. The van der Waals surface area contributed by atoms with E-state index in [1.165, 1.54) is 19.3 Å². The zero-order valence-electron chi connectivity index (χ0n) is 13.8. The minimum atomic E-state index is -0.211. The molecule has 1 saturated carbocycles. The maximum Gasteiger partial charge on any atom is 0.272 e. The topological polar surface area (TPSA) is 98.9 Å². The maximum atomic E-state index is 12.2. The molecule has 1 aliphatic heterocycles. The van der Waals surface area contributed by atoms with Crippen molar-refractivity contribution in [1.29, 1.82) is 0 Å². The van der Waals surface area contributed by atoms with Crippen LogP contribution in [-0.4, -0.2) is 41.1 Å². The first-order valence-corrected chi connectivity index (χ1v) is 8.58. The smallest absolute Gasteiger partial charge is 0.272 e. The fourth-order valence-electron chi connectivity index (χ4n) is 3.33. The number of carbonyl (C=O) groups excluding carboxylic acids is 2. The molecule has 8 heteroatoms. The number of carbonyl (C=O) groups is 2. The third kappa shape index (κ3) is 4.70. The van der Waals surface area contributed by atoms with Crippen molar-refractivity contribution in [2.24, 2.45) is 0 Å². The Morgan fingerprint density at radius 3 is 2.79 bits per heavy atom. The molecule has 1 aromatic heterocycles. The van der Waals surface area contributed by atoms with Gasteiger partial charge in [-0.2, -0.15) is 5.10 Å². The van der Waals surface area contributed by atoms with Crippen LogP contribution in [0.1, 0.15) is 60.3 Å². The average molecular weight is 356 g/mol. The van der Waals surface area contributed by atoms with Crippen LogP contribution in [0.5, 0.6) is 0 Å². The molecule has 2 heterocycles. The van der Waals surface area contributed by atoms with Crippen LogP contribution in [0.3, 0.4) is 0 Å². The Hall–Kier alpha value is -1.60. The minimum Gasteiger partial charge on any atom is -0.353 e. The highest BCUT2D eigenvalue weighted by molar-refractivity contribution is 5.94. The minimum absolute atomic E-state index is 0. The van der Waals surface area contributed by atoms with Gasteiger partial charge in [-0.25, -0.2) is 0 Å². The van der Waals surface area contributed by atoms with Crippen LogP contribution in [0.15, 0.2) is 0 Å². The Bertz CT molecular complexity index is 569. The molecule has 0 radical (unpaired) electrons. The van der Waals surface area contributed by atoms with E-state index in [0.29, 0.717) is 31.2 Å². The van der Waals surface area contributed by atoms with E-state index in [-0.39, 0.29) is 24.2 Å². The van der Waals surface area contributed by atoms with E-state index in [1.807, 2.05) is 0 Å². The van der Waals surface area contributed by atoms with Crippen LogP contribution >= 0.6 is 12.4 Å². The summed E-state index contributed by atoms with van der Waals surface area (Å²) in [6.07, 6.45) is 6.98. The van der Waals surface area contributed by atoms with Gasteiger partial charge in [0.25, 0.3) is 5.91 Å². The first-order chi connectivity index (χ1) is 11.2. The summed E-state index contributed by atoms with van der Waals surface area (Å²) in [6, 6.07) is 0.316. The largest absolute Gasteiger partial charge is 0.353 e. The summed E-state index contributed by atoms with van der Waals surface area (Å²) in [7, 11) is 0. The van der Waals surface area contributed by atoms with Crippen LogP contribution in [-0.2, 0) is 17.8 Å². The number of nitrogens with one attached hydrogen (secondary N) is 4. The highest BCUT2D eigenvalue weighted by Crippen LogP contribution is 2.17. The number of aromatic amines is 1. The first-order valence-electron chi connectivity index (χ1n) is 8.58. The van der Waals surface area contributed by atoms with Gasteiger partial charge in [0.2, 0.25) is 5.91 Å². The number of fused-ring (bicyclic) bond motifs is 1. The molecular formula is C16H26ClN5O2. The SMILES string of the molecule is Cl.O=C(CCNC(=O)c1n[nH]c2c1CNCC2)NC1CCCCC1. The van der Waals surface area contributed by atoms with Crippen LogP contribution in [0.2, 0.25) is 0 Å². The van der Waals surface area contributed by atoms with Gasteiger partial charge in [0, 0.05) is 49.8 Å². The van der Waals surface area contributed by atoms with Gasteiger partial charge >= 0.3 is 0 Å². The Labute approximate surface area is 148 Å². The molecule has 0 aromatic carbocycles. The number of amides is 2. The fraction of sp³-hybridized carbons (Fsp3) is 0.688. The van der Waals surface area contributed by atoms with Gasteiger partial charge in [-0.1, -0.05) is 19.3 Å². The molecular weight excluding hydrogens is 330 g/mol. The summed E-state index contributed by atoms with van der Waals surface area (Å²) < 4.78 is 0. The van der Waals surface area contributed by atoms with Crippen molar-refractivity contribution in [3.63, 3.8) is 0 Å². The quantitative estimate of drug-likeness (QED) is 0.634. The van der Waals surface area contributed by atoms with E-state index >= 15 is 0 Å². The van der Waals surface area contributed by atoms with Crippen molar-refractivity contribution in [2.45, 2.75) is 57.5 Å². The van der Waals surface area contributed by atoms with E-state index < -0.39 is 0 Å². The van der Waals surface area contributed by atoms with Crippen molar-refractivity contribution >= 4 is 24.2 Å². The molecule has 0 bridgehead atoms. The molecule has 2 aliphatic rings. The van der Waals surface area contributed by atoms with Gasteiger partial charge in [0.15, 0.2) is 5.69 Å². The predicted molar refractivity (Wildman–Crippen MR) is 93.2 cm³/mol. The molecule has 4 N–H and O–H groups in total. The summed E-state index contributed by atoms with van der Waals surface area (Å²) in [4.78, 5) is 24.1. The van der Waals surface area contributed by atoms with Crippen molar-refractivity contribution in [3.05, 3.63) is 17.0 Å². The van der Waals surface area contributed by atoms with Gasteiger partial charge in [-0.05, 0) is 12.8 Å². The average Bonchev–Trinajstić information content (AvgIpc) is 3.00. The molecule has 1 aliphatic carbocycles. The van der Waals surface area contributed by atoms with Crippen molar-refractivity contribution in [3.8, 4) is 0 Å². The van der Waals surface area contributed by atoms with Gasteiger partial charge < -0.3 is 16.0 Å². The molecule has 134 valence electrons. The maximum absolute atomic E-state index is 12.2. The molecule has 2 amide bonds. The van der Waals surface area contributed by atoms with Crippen molar-refractivity contribution in [2.75, 3.05) is 13.1 Å². The van der Waals surface area contributed by atoms with Crippen LogP contribution in [0, 0.1) is 0 Å². The second kappa shape index (κ2) is 9.03. The molecule has 1 aromatic rings. The van der Waals surface area contributed by atoms with Crippen molar-refractivity contribution < 1.29 is 9.59 Å². The standard InChI is InChI=1S/C16H25N5O2.ClH/c22-14(19-11-4-2-1-3-5-11)7-9-18-16(23)15-12-10-17-8-6-13(12)20-21-15;/h11,17H,1-10H2,(H,18,23)(H,19,22)(H,20,21);1H. The Morgan fingerprint density at radius 2 is 2.00 bits per heavy atom. The molecule has 24 heavy (non-hydrogen) atoms. The number of H-pyrrole nitrogens is 1. The molecule has 0 spiro atoms. The third-order valence-corrected chi connectivity index (χ3v) is 4.63. The number of hydrogen-bond donors (Lipinski definition) is 4. The Morgan fingerprint density at radius 1 is 1.21 bits per heavy atom. The van der Waals surface area contributed by atoms with Crippen LogP contribution in [0.25, 0.3) is 0 Å². The predicted octanol–water partition coefficient (Wildman–Crippen LogP) is 1.05. The van der Waals surface area contributed by atoms with E-state index in [4.69, 9.17) is 0 Å². The lowest BCUT2D eigenvalue weighted by Crippen LogP contribution is -2.38. The monoisotopic (exact) mass is 355 g/mol.